The van der Waals surface area contributed by atoms with E-state index in [0.717, 1.165) is 82.9 Å². The van der Waals surface area contributed by atoms with Gasteiger partial charge in [-0.2, -0.15) is 0 Å². The summed E-state index contributed by atoms with van der Waals surface area (Å²) in [6.45, 7) is 9.27. The number of carbonyl (C=O) groups is 14. The Morgan fingerprint density at radius 3 is 1.25 bits per heavy atom. The van der Waals surface area contributed by atoms with Gasteiger partial charge in [-0.15, -0.1) is 0 Å². The van der Waals surface area contributed by atoms with Crippen LogP contribution in [-0.2, 0) is 139 Å². The fourth-order valence-electron chi connectivity index (χ4n) is 15.3. The highest BCUT2D eigenvalue weighted by Gasteiger charge is 2.53. The van der Waals surface area contributed by atoms with Gasteiger partial charge in [0, 0.05) is 120 Å². The second-order valence-corrected chi connectivity index (χ2v) is 32.4. The lowest BCUT2D eigenvalue weighted by atomic mass is 9.80. The maximum Gasteiger partial charge on any atom is 0.306 e. The maximum atomic E-state index is 13.8. The van der Waals surface area contributed by atoms with Crippen LogP contribution in [0.3, 0.4) is 0 Å². The zero-order valence-electron chi connectivity index (χ0n) is 76.9. The van der Waals surface area contributed by atoms with Crippen molar-refractivity contribution in [2.45, 2.75) is 301 Å². The van der Waals surface area contributed by atoms with Gasteiger partial charge in [-0.3, -0.25) is 67.1 Å². The second-order valence-electron chi connectivity index (χ2n) is 32.4. The van der Waals surface area contributed by atoms with E-state index in [1.165, 1.54) is 34.1 Å². The lowest BCUT2D eigenvalue weighted by Crippen LogP contribution is -2.66. The van der Waals surface area contributed by atoms with Gasteiger partial charge < -0.3 is 113 Å². The van der Waals surface area contributed by atoms with Crippen molar-refractivity contribution in [3.8, 4) is 11.5 Å². The monoisotopic (exact) mass is 1830 g/mol. The van der Waals surface area contributed by atoms with Gasteiger partial charge in [-0.1, -0.05) is 125 Å². The number of methoxy groups -OCH3 is 2. The van der Waals surface area contributed by atoms with Gasteiger partial charge in [0.2, 0.25) is 41.4 Å². The summed E-state index contributed by atoms with van der Waals surface area (Å²) >= 11 is 0. The molecular formula is C93H137N7O30. The Morgan fingerprint density at radius 1 is 0.400 bits per heavy atom. The molecule has 3 aromatic rings. The number of esters is 7. The molecule has 0 aromatic heterocycles. The van der Waals surface area contributed by atoms with Crippen molar-refractivity contribution >= 4 is 83.1 Å². The molecule has 6 rings (SSSR count). The molecule has 37 heteroatoms. The zero-order valence-corrected chi connectivity index (χ0v) is 76.9. The van der Waals surface area contributed by atoms with Gasteiger partial charge in [-0.05, 0) is 92.3 Å². The van der Waals surface area contributed by atoms with Crippen LogP contribution in [0.4, 0.5) is 0 Å². The zero-order chi connectivity index (χ0) is 94.6. The molecule has 3 aromatic carbocycles. The minimum absolute atomic E-state index is 0.00202. The highest BCUT2D eigenvalue weighted by Crippen LogP contribution is 2.42. The number of carbonyl (C=O) groups excluding carboxylic acids is 14. The highest BCUT2D eigenvalue weighted by molar-refractivity contribution is 5.82. The van der Waals surface area contributed by atoms with Crippen molar-refractivity contribution in [1.82, 2.24) is 37.2 Å². The summed E-state index contributed by atoms with van der Waals surface area (Å²) in [6.07, 6.45) is 3.55. The predicted octanol–water partition coefficient (Wildman–Crippen LogP) is 7.39. The third kappa shape index (κ3) is 41.3. The standard InChI is InChI=1S/C93H137N7O30/c1-61(101)97-85-89(126-67(7)107)87(124-65(5)105)77(59-121-63(3)103)129-91(85)119-51-29-18-16-27-49-94-80(110)47-53-117-56-73(57-118-54-48-81(111)95-50-28-17-19-30-52-120-92-86(98-62(2)102)90(127-68(8)108)88(125-66(6)106)78(130-92)60-122-64(4)104)100-82(112)36-26-15-14-25-35-79(109)96-55-76(128-84(114)46-45-83(113)99-72-33-23-12-11-13-24-34-72)58-123-93(69-31-21-20-22-32-69,70-37-41-74(115-9)42-38-70)71-39-43-75(116-10)44-40-71/h20-22,31-32,37-44,72-73,76-78,85-92H,11-19,23-30,33-36,45-60H2,1-10H3,(H,94,110)(H,95,111)(H,96,109)(H,97,101)(H,98,102)(H,99,113)(H,100,112). The Kier molecular flexibility index (Phi) is 50.4. The first-order valence-corrected chi connectivity index (χ1v) is 45.2. The van der Waals surface area contributed by atoms with Crippen molar-refractivity contribution in [3.63, 3.8) is 0 Å². The van der Waals surface area contributed by atoms with E-state index in [1.54, 1.807) is 14.2 Å². The maximum absolute atomic E-state index is 13.8. The summed E-state index contributed by atoms with van der Waals surface area (Å²) in [5.74, 6) is -6.01. The minimum atomic E-state index is -1.29. The molecule has 11 atom stereocenters. The van der Waals surface area contributed by atoms with Crippen molar-refractivity contribution in [1.29, 1.82) is 0 Å². The van der Waals surface area contributed by atoms with Crippen LogP contribution in [0.15, 0.2) is 78.9 Å². The van der Waals surface area contributed by atoms with Crippen molar-refractivity contribution in [2.24, 2.45) is 0 Å². The molecule has 7 N–H and O–H groups in total. The summed E-state index contributed by atoms with van der Waals surface area (Å²) < 4.78 is 92.8. The van der Waals surface area contributed by atoms with Gasteiger partial charge in [0.1, 0.15) is 60.7 Å². The molecule has 3 fully saturated rings. The number of amides is 7. The Bertz CT molecular complexity index is 3810. The number of rotatable bonds is 59. The topological polar surface area (TPSA) is 471 Å². The molecule has 0 bridgehead atoms. The molecule has 37 nitrogen and oxygen atoms in total. The summed E-state index contributed by atoms with van der Waals surface area (Å²) in [6, 6.07) is 21.7. The molecule has 2 aliphatic heterocycles. The van der Waals surface area contributed by atoms with E-state index in [2.05, 4.69) is 37.2 Å². The van der Waals surface area contributed by atoms with Crippen molar-refractivity contribution < 1.29 is 143 Å². The second kappa shape index (κ2) is 60.5. The molecule has 11 unspecified atom stereocenters. The lowest BCUT2D eigenvalue weighted by molar-refractivity contribution is -0.277. The molecule has 1 saturated carbocycles. The number of unbranched alkanes of at least 4 members (excludes halogenated alkanes) is 9. The number of ether oxygens (including phenoxy) is 16. The predicted molar refractivity (Wildman–Crippen MR) is 468 cm³/mol. The fourth-order valence-corrected chi connectivity index (χ4v) is 15.3. The van der Waals surface area contributed by atoms with Crippen molar-refractivity contribution in [3.05, 3.63) is 95.6 Å². The summed E-state index contributed by atoms with van der Waals surface area (Å²) in [4.78, 5) is 178. The lowest BCUT2D eigenvalue weighted by Gasteiger charge is -2.44. The normalized spacial score (nSPS) is 19.7. The Hall–Kier alpha value is -10.4. The van der Waals surface area contributed by atoms with E-state index in [4.69, 9.17) is 75.8 Å². The number of hydrogen-bond acceptors (Lipinski definition) is 30. The van der Waals surface area contributed by atoms with Gasteiger partial charge in [0.25, 0.3) is 0 Å². The minimum Gasteiger partial charge on any atom is -0.497 e. The molecular weight excluding hydrogens is 1700 g/mol. The Balaban J connectivity index is 0.999. The molecule has 7 amide bonds. The Labute approximate surface area is 761 Å². The third-order valence-electron chi connectivity index (χ3n) is 21.5. The SMILES string of the molecule is COc1ccc(C(OCC(CNC(=O)CCCCCCC(=O)NC(COCCC(=O)NCCCCCCOC2OC(COC(C)=O)C(OC(C)=O)C(OC(C)=O)C2NC(C)=O)COCCC(=O)NCCCCCCOC2OC(COC(C)=O)C(OC(C)=O)C(OC(C)=O)C2NC(C)=O)OC(=O)CCC(=O)NC2CCCCCCC2)(c2ccccc2)c2ccc(OC)cc2)cc1. The Morgan fingerprint density at radius 2 is 0.815 bits per heavy atom. The van der Waals surface area contributed by atoms with E-state index in [9.17, 15) is 67.1 Å². The molecule has 2 heterocycles. The van der Waals surface area contributed by atoms with Crippen LogP contribution < -0.4 is 46.7 Å². The van der Waals surface area contributed by atoms with Crippen LogP contribution in [0.1, 0.15) is 233 Å². The van der Waals surface area contributed by atoms with Gasteiger partial charge in [-0.25, -0.2) is 0 Å². The van der Waals surface area contributed by atoms with Crippen LogP contribution in [-0.4, -0.2) is 256 Å². The van der Waals surface area contributed by atoms with E-state index in [1.807, 2.05) is 78.9 Å². The molecule has 2 saturated heterocycles. The van der Waals surface area contributed by atoms with Crippen LogP contribution in [0.2, 0.25) is 0 Å². The van der Waals surface area contributed by atoms with E-state index in [0.29, 0.717) is 102 Å². The fraction of sp³-hybridized carbons (Fsp3) is 0.656. The average Bonchev–Trinajstić information content (AvgIpc) is 0.781. The summed E-state index contributed by atoms with van der Waals surface area (Å²) in [7, 11) is 3.16. The molecule has 0 radical (unpaired) electrons. The molecule has 130 heavy (non-hydrogen) atoms. The first-order valence-electron chi connectivity index (χ1n) is 45.2. The molecule has 724 valence electrons. The number of benzene rings is 3. The quantitative estimate of drug-likeness (QED) is 0.0125. The van der Waals surface area contributed by atoms with Gasteiger partial charge >= 0.3 is 41.8 Å². The van der Waals surface area contributed by atoms with Gasteiger partial charge in [0.05, 0.1) is 66.3 Å². The smallest absolute Gasteiger partial charge is 0.306 e. The number of hydrogen-bond donors (Lipinski definition) is 7. The first kappa shape index (κ1) is 108. The molecule has 3 aliphatic rings. The van der Waals surface area contributed by atoms with Crippen LogP contribution in [0, 0.1) is 0 Å². The molecule has 0 spiro atoms. The summed E-state index contributed by atoms with van der Waals surface area (Å²) in [5, 5.41) is 20.2. The number of nitrogens with one attached hydrogen (secondary N) is 7. The van der Waals surface area contributed by atoms with Crippen LogP contribution in [0.25, 0.3) is 0 Å². The van der Waals surface area contributed by atoms with Crippen LogP contribution in [0.5, 0.6) is 11.5 Å². The van der Waals surface area contributed by atoms with Gasteiger partial charge in [0.15, 0.2) is 37.0 Å². The van der Waals surface area contributed by atoms with Crippen molar-refractivity contribution in [2.75, 3.05) is 93.3 Å². The average molecular weight is 1830 g/mol. The summed E-state index contributed by atoms with van der Waals surface area (Å²) in [5.41, 5.74) is 0.949. The van der Waals surface area contributed by atoms with E-state index in [-0.39, 0.29) is 140 Å². The first-order chi connectivity index (χ1) is 62.5. The highest BCUT2D eigenvalue weighted by atomic mass is 16.7. The van der Waals surface area contributed by atoms with Crippen LogP contribution >= 0.6 is 0 Å². The van der Waals surface area contributed by atoms with E-state index >= 15 is 0 Å². The third-order valence-corrected chi connectivity index (χ3v) is 21.5. The largest absolute Gasteiger partial charge is 0.497 e. The molecule has 1 aliphatic carbocycles. The van der Waals surface area contributed by atoms with E-state index < -0.39 is 133 Å².